The van der Waals surface area contributed by atoms with Crippen LogP contribution in [0.1, 0.15) is 43.5 Å². The van der Waals surface area contributed by atoms with Gasteiger partial charge in [-0.05, 0) is 55.5 Å². The molecule has 1 atom stereocenters. The molecule has 0 bridgehead atoms. The van der Waals surface area contributed by atoms with Gasteiger partial charge in [-0.15, -0.1) is 0 Å². The van der Waals surface area contributed by atoms with Crippen molar-refractivity contribution in [1.29, 1.82) is 0 Å². The number of rotatable bonds is 8. The van der Waals surface area contributed by atoms with E-state index in [2.05, 4.69) is 19.2 Å². The summed E-state index contributed by atoms with van der Waals surface area (Å²) in [5.41, 5.74) is 6.41. The first-order valence-corrected chi connectivity index (χ1v) is 7.27. The topological polar surface area (TPSA) is 92.4 Å². The van der Waals surface area contributed by atoms with Gasteiger partial charge in [0, 0.05) is 12.1 Å². The van der Waals surface area contributed by atoms with E-state index in [1.807, 2.05) is 0 Å². The second-order valence-electron chi connectivity index (χ2n) is 5.55. The molecule has 116 valence electrons. The third-order valence-corrected chi connectivity index (χ3v) is 3.64. The van der Waals surface area contributed by atoms with Crippen molar-refractivity contribution >= 4 is 17.6 Å². The normalized spacial score (nSPS) is 12.2. The molecule has 1 amide bonds. The van der Waals surface area contributed by atoms with E-state index < -0.39 is 5.97 Å². The van der Waals surface area contributed by atoms with E-state index in [0.717, 1.165) is 12.8 Å². The quantitative estimate of drug-likeness (QED) is 0.687. The maximum absolute atomic E-state index is 11.9. The fourth-order valence-electron chi connectivity index (χ4n) is 2.26. The highest BCUT2D eigenvalue weighted by atomic mass is 16.4. The van der Waals surface area contributed by atoms with E-state index in [9.17, 15) is 9.59 Å². The number of amides is 1. The first-order valence-electron chi connectivity index (χ1n) is 7.27. The molecule has 0 fully saturated rings. The number of carboxylic acid groups (broad SMARTS) is 1. The Morgan fingerprint density at radius 2 is 1.81 bits per heavy atom. The predicted octanol–water partition coefficient (Wildman–Crippen LogP) is 2.72. The predicted molar refractivity (Wildman–Crippen MR) is 83.3 cm³/mol. The zero-order valence-corrected chi connectivity index (χ0v) is 12.6. The van der Waals surface area contributed by atoms with Gasteiger partial charge in [0.2, 0.25) is 5.91 Å². The van der Waals surface area contributed by atoms with Crippen molar-refractivity contribution < 1.29 is 14.7 Å². The molecule has 21 heavy (non-hydrogen) atoms. The van der Waals surface area contributed by atoms with Crippen LogP contribution in [0.3, 0.4) is 0 Å². The lowest BCUT2D eigenvalue weighted by Gasteiger charge is -2.19. The molecule has 0 heterocycles. The highest BCUT2D eigenvalue weighted by Gasteiger charge is 2.14. The first kappa shape index (κ1) is 17.2. The van der Waals surface area contributed by atoms with E-state index in [4.69, 9.17) is 10.8 Å². The number of carboxylic acids is 1. The van der Waals surface area contributed by atoms with Crippen LogP contribution in [0, 0.1) is 11.8 Å². The lowest BCUT2D eigenvalue weighted by atomic mass is 9.88. The molecule has 4 N–H and O–H groups in total. The van der Waals surface area contributed by atoms with Crippen LogP contribution in [0.15, 0.2) is 24.3 Å². The van der Waals surface area contributed by atoms with E-state index in [1.54, 1.807) is 12.1 Å². The second-order valence-corrected chi connectivity index (χ2v) is 5.55. The van der Waals surface area contributed by atoms with E-state index in [1.165, 1.54) is 12.1 Å². The van der Waals surface area contributed by atoms with Crippen LogP contribution < -0.4 is 11.1 Å². The van der Waals surface area contributed by atoms with E-state index in [0.29, 0.717) is 30.5 Å². The standard InChI is InChI=1S/C16H24N2O3/c1-11(2)12(9-10-17)5-8-15(19)18-14-6-3-13(4-7-14)16(20)21/h3-4,6-7,11-12H,5,8-10,17H2,1-2H3,(H,18,19)(H,20,21). The number of anilines is 1. The summed E-state index contributed by atoms with van der Waals surface area (Å²) in [6.07, 6.45) is 2.19. The third kappa shape index (κ3) is 5.95. The van der Waals surface area contributed by atoms with Crippen LogP contribution in [0.4, 0.5) is 5.69 Å². The Bertz CT molecular complexity index is 469. The maximum atomic E-state index is 11.9. The van der Waals surface area contributed by atoms with Crippen molar-refractivity contribution in [3.8, 4) is 0 Å². The van der Waals surface area contributed by atoms with E-state index >= 15 is 0 Å². The molecule has 1 rings (SSSR count). The number of carbonyl (C=O) groups is 2. The lowest BCUT2D eigenvalue weighted by Crippen LogP contribution is -2.18. The summed E-state index contributed by atoms with van der Waals surface area (Å²) < 4.78 is 0. The van der Waals surface area contributed by atoms with Crippen LogP contribution in [0.25, 0.3) is 0 Å². The number of aromatic carboxylic acids is 1. The van der Waals surface area contributed by atoms with Gasteiger partial charge in [-0.2, -0.15) is 0 Å². The molecule has 0 aliphatic carbocycles. The van der Waals surface area contributed by atoms with Crippen molar-refractivity contribution in [1.82, 2.24) is 0 Å². The molecule has 0 saturated heterocycles. The largest absolute Gasteiger partial charge is 0.478 e. The Balaban J connectivity index is 2.47. The van der Waals surface area contributed by atoms with Crippen molar-refractivity contribution in [2.75, 3.05) is 11.9 Å². The van der Waals surface area contributed by atoms with Crippen molar-refractivity contribution in [2.24, 2.45) is 17.6 Å². The minimum absolute atomic E-state index is 0.0549. The molecule has 5 heteroatoms. The second kappa shape index (κ2) is 8.42. The zero-order chi connectivity index (χ0) is 15.8. The van der Waals surface area contributed by atoms with Gasteiger partial charge in [0.1, 0.15) is 0 Å². The summed E-state index contributed by atoms with van der Waals surface area (Å²) in [6, 6.07) is 6.15. The van der Waals surface area contributed by atoms with Gasteiger partial charge in [-0.3, -0.25) is 4.79 Å². The Kier molecular flexibility index (Phi) is 6.88. The minimum Gasteiger partial charge on any atom is -0.478 e. The third-order valence-electron chi connectivity index (χ3n) is 3.64. The lowest BCUT2D eigenvalue weighted by molar-refractivity contribution is -0.116. The average Bonchev–Trinajstić information content (AvgIpc) is 2.43. The molecule has 0 aromatic heterocycles. The minimum atomic E-state index is -0.977. The Morgan fingerprint density at radius 1 is 1.19 bits per heavy atom. The fourth-order valence-corrected chi connectivity index (χ4v) is 2.26. The number of nitrogens with one attached hydrogen (secondary N) is 1. The Hall–Kier alpha value is -1.88. The highest BCUT2D eigenvalue weighted by molar-refractivity contribution is 5.92. The fraction of sp³-hybridized carbons (Fsp3) is 0.500. The van der Waals surface area contributed by atoms with Gasteiger partial charge in [-0.1, -0.05) is 13.8 Å². The van der Waals surface area contributed by atoms with Crippen LogP contribution in [-0.2, 0) is 4.79 Å². The molecule has 0 saturated carbocycles. The van der Waals surface area contributed by atoms with Gasteiger partial charge in [0.25, 0.3) is 0 Å². The SMILES string of the molecule is CC(C)C(CCN)CCC(=O)Nc1ccc(C(=O)O)cc1. The number of nitrogens with two attached hydrogens (primary N) is 1. The molecule has 5 nitrogen and oxygen atoms in total. The Labute approximate surface area is 125 Å². The van der Waals surface area contributed by atoms with Crippen LogP contribution in [0.5, 0.6) is 0 Å². The smallest absolute Gasteiger partial charge is 0.335 e. The number of carbonyl (C=O) groups excluding carboxylic acids is 1. The van der Waals surface area contributed by atoms with Crippen molar-refractivity contribution in [3.05, 3.63) is 29.8 Å². The number of hydrogen-bond donors (Lipinski definition) is 3. The van der Waals surface area contributed by atoms with Gasteiger partial charge < -0.3 is 16.2 Å². The number of benzene rings is 1. The highest BCUT2D eigenvalue weighted by Crippen LogP contribution is 2.20. The average molecular weight is 292 g/mol. The van der Waals surface area contributed by atoms with Gasteiger partial charge in [0.05, 0.1) is 5.56 Å². The molecule has 0 radical (unpaired) electrons. The van der Waals surface area contributed by atoms with Gasteiger partial charge in [0.15, 0.2) is 0 Å². The molecular formula is C16H24N2O3. The summed E-state index contributed by atoms with van der Waals surface area (Å²) in [4.78, 5) is 22.6. The summed E-state index contributed by atoms with van der Waals surface area (Å²) in [5.74, 6) is -0.0680. The van der Waals surface area contributed by atoms with Gasteiger partial charge >= 0.3 is 5.97 Å². The monoisotopic (exact) mass is 292 g/mol. The first-order chi connectivity index (χ1) is 9.93. The Morgan fingerprint density at radius 3 is 2.29 bits per heavy atom. The molecule has 0 spiro atoms. The molecule has 1 aromatic carbocycles. The summed E-state index contributed by atoms with van der Waals surface area (Å²) >= 11 is 0. The molecule has 0 aliphatic heterocycles. The van der Waals surface area contributed by atoms with Gasteiger partial charge in [-0.25, -0.2) is 4.79 Å². The van der Waals surface area contributed by atoms with Crippen molar-refractivity contribution in [2.45, 2.75) is 33.1 Å². The molecule has 0 aliphatic rings. The zero-order valence-electron chi connectivity index (χ0n) is 12.6. The number of hydrogen-bond acceptors (Lipinski definition) is 3. The summed E-state index contributed by atoms with van der Waals surface area (Å²) in [6.45, 7) is 4.92. The van der Waals surface area contributed by atoms with Crippen LogP contribution in [0.2, 0.25) is 0 Å². The summed E-state index contributed by atoms with van der Waals surface area (Å²) in [7, 11) is 0. The van der Waals surface area contributed by atoms with E-state index in [-0.39, 0.29) is 11.5 Å². The molecule has 1 unspecified atom stereocenters. The van der Waals surface area contributed by atoms with Crippen molar-refractivity contribution in [3.63, 3.8) is 0 Å². The molecule has 1 aromatic rings. The van der Waals surface area contributed by atoms with Crippen LogP contribution in [-0.4, -0.2) is 23.5 Å². The van der Waals surface area contributed by atoms with Crippen LogP contribution >= 0.6 is 0 Å². The molecular weight excluding hydrogens is 268 g/mol. The maximum Gasteiger partial charge on any atom is 0.335 e. The summed E-state index contributed by atoms with van der Waals surface area (Å²) in [5, 5.41) is 11.6.